The van der Waals surface area contributed by atoms with Crippen LogP contribution in [-0.4, -0.2) is 45.5 Å². The summed E-state index contributed by atoms with van der Waals surface area (Å²) in [4.78, 5) is 18.7. The lowest BCUT2D eigenvalue weighted by Gasteiger charge is -2.33. The molecule has 1 atom stereocenters. The zero-order valence-corrected chi connectivity index (χ0v) is 17.7. The number of alkyl halides is 3. The van der Waals surface area contributed by atoms with Gasteiger partial charge in [-0.3, -0.25) is 4.79 Å². The van der Waals surface area contributed by atoms with Gasteiger partial charge in [-0.1, -0.05) is 6.92 Å². The number of hydrogen-bond acceptors (Lipinski definition) is 5. The van der Waals surface area contributed by atoms with Gasteiger partial charge in [-0.2, -0.15) is 13.2 Å². The first-order valence-electron chi connectivity index (χ1n) is 10.3. The Bertz CT molecular complexity index is 997. The average molecular weight is 437 g/mol. The smallest absolute Gasteiger partial charge is 0.397 e. The van der Waals surface area contributed by atoms with Crippen molar-refractivity contribution < 1.29 is 22.7 Å². The fourth-order valence-electron chi connectivity index (χ4n) is 4.31. The molecule has 7 nitrogen and oxygen atoms in total. The SMILES string of the molecule is C[C@@H]1CN(c2nc(-n3ccc(OCC4(C(F)(F)F)CC4)n3)ccc2C(N)=O)C(C)(C)C1. The summed E-state index contributed by atoms with van der Waals surface area (Å²) in [6.45, 7) is 6.59. The molecule has 1 saturated carbocycles. The van der Waals surface area contributed by atoms with Crippen LogP contribution in [0.15, 0.2) is 24.4 Å². The number of rotatable bonds is 6. The number of nitrogens with zero attached hydrogens (tertiary/aromatic N) is 4. The Hall–Kier alpha value is -2.78. The van der Waals surface area contributed by atoms with E-state index in [-0.39, 0.29) is 24.3 Å². The third-order valence-electron chi connectivity index (χ3n) is 6.21. The number of carbonyl (C=O) groups is 1. The molecule has 31 heavy (non-hydrogen) atoms. The second-order valence-corrected chi connectivity index (χ2v) is 9.30. The molecule has 1 amide bonds. The molecule has 0 spiro atoms. The molecule has 2 aromatic heterocycles. The van der Waals surface area contributed by atoms with E-state index in [4.69, 9.17) is 10.5 Å². The van der Waals surface area contributed by atoms with Crippen molar-refractivity contribution in [1.82, 2.24) is 14.8 Å². The minimum absolute atomic E-state index is 0.0702. The lowest BCUT2D eigenvalue weighted by atomic mass is 9.97. The summed E-state index contributed by atoms with van der Waals surface area (Å²) in [6, 6.07) is 4.70. The quantitative estimate of drug-likeness (QED) is 0.745. The maximum atomic E-state index is 13.1. The number of amides is 1. The monoisotopic (exact) mass is 437 g/mol. The third-order valence-corrected chi connectivity index (χ3v) is 6.21. The number of anilines is 1. The summed E-state index contributed by atoms with van der Waals surface area (Å²) in [5, 5.41) is 4.22. The molecule has 2 fully saturated rings. The first kappa shape index (κ1) is 21.5. The molecule has 0 radical (unpaired) electrons. The van der Waals surface area contributed by atoms with E-state index in [1.165, 1.54) is 10.7 Å². The van der Waals surface area contributed by atoms with E-state index in [1.807, 2.05) is 0 Å². The number of pyridine rings is 1. The molecule has 168 valence electrons. The van der Waals surface area contributed by atoms with E-state index in [0.29, 0.717) is 23.1 Å². The second-order valence-electron chi connectivity index (χ2n) is 9.30. The van der Waals surface area contributed by atoms with Crippen LogP contribution in [0.5, 0.6) is 5.88 Å². The lowest BCUT2D eigenvalue weighted by molar-refractivity contribution is -0.194. The van der Waals surface area contributed by atoms with Crippen LogP contribution >= 0.6 is 0 Å². The van der Waals surface area contributed by atoms with Crippen molar-refractivity contribution in [1.29, 1.82) is 0 Å². The molecule has 3 heterocycles. The van der Waals surface area contributed by atoms with Crippen LogP contribution in [0.1, 0.15) is 50.4 Å². The highest BCUT2D eigenvalue weighted by molar-refractivity contribution is 5.98. The van der Waals surface area contributed by atoms with Gasteiger partial charge >= 0.3 is 6.18 Å². The van der Waals surface area contributed by atoms with Crippen LogP contribution in [-0.2, 0) is 0 Å². The predicted octanol–water partition coefficient (Wildman–Crippen LogP) is 3.71. The molecule has 1 saturated heterocycles. The van der Waals surface area contributed by atoms with Gasteiger partial charge in [-0.15, -0.1) is 5.10 Å². The summed E-state index contributed by atoms with van der Waals surface area (Å²) in [7, 11) is 0. The number of nitrogens with two attached hydrogens (primary N) is 1. The topological polar surface area (TPSA) is 86.3 Å². The van der Waals surface area contributed by atoms with E-state index < -0.39 is 24.1 Å². The van der Waals surface area contributed by atoms with Crippen molar-refractivity contribution in [3.63, 3.8) is 0 Å². The van der Waals surface area contributed by atoms with Gasteiger partial charge in [0.1, 0.15) is 17.8 Å². The van der Waals surface area contributed by atoms with Crippen molar-refractivity contribution in [3.05, 3.63) is 30.0 Å². The molecule has 10 heteroatoms. The Labute approximate surface area is 178 Å². The van der Waals surface area contributed by atoms with Crippen molar-refractivity contribution in [3.8, 4) is 11.7 Å². The Balaban J connectivity index is 1.59. The predicted molar refractivity (Wildman–Crippen MR) is 108 cm³/mol. The minimum atomic E-state index is -4.28. The number of primary amides is 1. The highest BCUT2D eigenvalue weighted by atomic mass is 19.4. The molecule has 2 N–H and O–H groups in total. The summed E-state index contributed by atoms with van der Waals surface area (Å²) in [5.74, 6) is 0.839. The van der Waals surface area contributed by atoms with E-state index in [0.717, 1.165) is 13.0 Å². The van der Waals surface area contributed by atoms with Crippen LogP contribution < -0.4 is 15.4 Å². The average Bonchev–Trinajstić information content (AvgIpc) is 3.24. The zero-order chi connectivity index (χ0) is 22.6. The molecule has 2 aromatic rings. The van der Waals surface area contributed by atoms with Gasteiger partial charge in [-0.25, -0.2) is 9.67 Å². The zero-order valence-electron chi connectivity index (χ0n) is 17.7. The highest BCUT2D eigenvalue weighted by Gasteiger charge is 2.64. The van der Waals surface area contributed by atoms with Gasteiger partial charge < -0.3 is 15.4 Å². The standard InChI is InChI=1S/C21H26F3N5O2/c1-13-10-19(2,3)28(11-13)18-14(17(25)30)4-5-15(26-18)29-9-6-16(27-29)31-12-20(7-8-20)21(22,23)24/h4-6,9,13H,7-8,10-12H2,1-3H3,(H2,25,30)/t13-/m0/s1. The Morgan fingerprint density at radius 3 is 2.55 bits per heavy atom. The van der Waals surface area contributed by atoms with E-state index in [9.17, 15) is 18.0 Å². The van der Waals surface area contributed by atoms with E-state index in [1.54, 1.807) is 18.3 Å². The van der Waals surface area contributed by atoms with Crippen molar-refractivity contribution in [2.45, 2.75) is 51.7 Å². The fourth-order valence-corrected chi connectivity index (χ4v) is 4.31. The van der Waals surface area contributed by atoms with Gasteiger partial charge in [0.25, 0.3) is 5.91 Å². The second kappa shape index (κ2) is 7.13. The Morgan fingerprint density at radius 1 is 1.29 bits per heavy atom. The molecular weight excluding hydrogens is 411 g/mol. The Kier molecular flexibility index (Phi) is 4.94. The maximum absolute atomic E-state index is 13.1. The van der Waals surface area contributed by atoms with E-state index >= 15 is 0 Å². The number of ether oxygens (including phenoxy) is 1. The number of carbonyl (C=O) groups excluding carboxylic acids is 1. The largest absolute Gasteiger partial charge is 0.476 e. The molecule has 0 unspecified atom stereocenters. The van der Waals surface area contributed by atoms with Crippen LogP contribution in [0, 0.1) is 11.3 Å². The number of aromatic nitrogens is 3. The number of halogens is 3. The highest BCUT2D eigenvalue weighted by Crippen LogP contribution is 2.57. The van der Waals surface area contributed by atoms with Crippen molar-refractivity contribution in [2.75, 3.05) is 18.1 Å². The minimum Gasteiger partial charge on any atom is -0.476 e. The molecule has 1 aliphatic heterocycles. The molecule has 1 aliphatic carbocycles. The van der Waals surface area contributed by atoms with Gasteiger partial charge in [-0.05, 0) is 51.2 Å². The van der Waals surface area contributed by atoms with Crippen LogP contribution in [0.25, 0.3) is 5.82 Å². The van der Waals surface area contributed by atoms with E-state index in [2.05, 4.69) is 35.8 Å². The maximum Gasteiger partial charge on any atom is 0.397 e. The Morgan fingerprint density at radius 2 is 2.00 bits per heavy atom. The molecule has 0 aromatic carbocycles. The van der Waals surface area contributed by atoms with Gasteiger partial charge in [0.05, 0.1) is 5.56 Å². The van der Waals surface area contributed by atoms with Crippen LogP contribution in [0.3, 0.4) is 0 Å². The first-order chi connectivity index (χ1) is 14.4. The molecular formula is C21H26F3N5O2. The van der Waals surface area contributed by atoms with Gasteiger partial charge in [0.2, 0.25) is 5.88 Å². The lowest BCUT2D eigenvalue weighted by Crippen LogP contribution is -2.40. The summed E-state index contributed by atoms with van der Waals surface area (Å²) < 4.78 is 46.0. The van der Waals surface area contributed by atoms with Gasteiger partial charge in [0, 0.05) is 24.3 Å². The molecule has 0 bridgehead atoms. The molecule has 4 rings (SSSR count). The fraction of sp³-hybridized carbons (Fsp3) is 0.571. The van der Waals surface area contributed by atoms with Crippen molar-refractivity contribution >= 4 is 11.7 Å². The molecule has 2 aliphatic rings. The number of hydrogen-bond donors (Lipinski definition) is 1. The van der Waals surface area contributed by atoms with Crippen molar-refractivity contribution in [2.24, 2.45) is 17.1 Å². The normalized spacial score (nSPS) is 21.9. The van der Waals surface area contributed by atoms with Crippen LogP contribution in [0.4, 0.5) is 19.0 Å². The van der Waals surface area contributed by atoms with Gasteiger partial charge in [0.15, 0.2) is 5.82 Å². The summed E-state index contributed by atoms with van der Waals surface area (Å²) in [5.41, 5.74) is 3.93. The summed E-state index contributed by atoms with van der Waals surface area (Å²) in [6.07, 6.45) is -1.63. The first-order valence-corrected chi connectivity index (χ1v) is 10.3. The summed E-state index contributed by atoms with van der Waals surface area (Å²) >= 11 is 0. The third kappa shape index (κ3) is 3.95. The van der Waals surface area contributed by atoms with Crippen LogP contribution in [0.2, 0.25) is 0 Å².